The Labute approximate surface area is 62.2 Å². The number of hydrogen-bond acceptors (Lipinski definition) is 2. The first kappa shape index (κ1) is 9.08. The van der Waals surface area contributed by atoms with E-state index in [1.54, 1.807) is 6.21 Å². The molecule has 2 heteroatoms. The summed E-state index contributed by atoms with van der Waals surface area (Å²) in [6.45, 7) is 4.83. The summed E-state index contributed by atoms with van der Waals surface area (Å²) >= 11 is 0. The maximum Gasteiger partial charge on any atom is 0.0386 e. The van der Waals surface area contributed by atoms with Crippen molar-refractivity contribution in [3.8, 4) is 0 Å². The Bertz CT molecular complexity index is 145. The van der Waals surface area contributed by atoms with Gasteiger partial charge in [0.1, 0.15) is 0 Å². The molecule has 0 bridgehead atoms. The van der Waals surface area contributed by atoms with Crippen molar-refractivity contribution in [2.45, 2.75) is 20.3 Å². The van der Waals surface area contributed by atoms with Crippen molar-refractivity contribution in [3.63, 3.8) is 0 Å². The third-order valence-corrected chi connectivity index (χ3v) is 1.09. The normalized spacial score (nSPS) is 12.4. The number of nitrogens with zero attached hydrogens (tertiary/aromatic N) is 1. The van der Waals surface area contributed by atoms with E-state index >= 15 is 0 Å². The van der Waals surface area contributed by atoms with Crippen LogP contribution in [0.4, 0.5) is 0 Å². The van der Waals surface area contributed by atoms with Gasteiger partial charge in [-0.2, -0.15) is 0 Å². The molecule has 0 heterocycles. The molecule has 0 radical (unpaired) electrons. The van der Waals surface area contributed by atoms with Gasteiger partial charge < -0.3 is 5.41 Å². The van der Waals surface area contributed by atoms with Crippen LogP contribution in [0.3, 0.4) is 0 Å². The number of allylic oxidation sites excluding steroid dienone is 2. The highest BCUT2D eigenvalue weighted by atomic mass is 14.7. The fraction of sp³-hybridized carbons (Fsp3) is 0.500. The smallest absolute Gasteiger partial charge is 0.0386 e. The van der Waals surface area contributed by atoms with Gasteiger partial charge in [0, 0.05) is 24.5 Å². The largest absolute Gasteiger partial charge is 0.308 e. The van der Waals surface area contributed by atoms with Crippen LogP contribution in [0.15, 0.2) is 16.6 Å². The Morgan fingerprint density at radius 1 is 1.60 bits per heavy atom. The maximum atomic E-state index is 6.91. The Hall–Kier alpha value is -0.920. The van der Waals surface area contributed by atoms with Gasteiger partial charge in [0.2, 0.25) is 0 Å². The third kappa shape index (κ3) is 4.01. The van der Waals surface area contributed by atoms with Crippen molar-refractivity contribution in [2.75, 3.05) is 6.54 Å². The summed E-state index contributed by atoms with van der Waals surface area (Å²) in [5.41, 5.74) is 0.869. The summed E-state index contributed by atoms with van der Waals surface area (Å²) < 4.78 is 0. The summed E-state index contributed by atoms with van der Waals surface area (Å²) in [5.74, 6) is 0. The molecule has 0 saturated heterocycles. The van der Waals surface area contributed by atoms with E-state index in [0.29, 0.717) is 0 Å². The van der Waals surface area contributed by atoms with Gasteiger partial charge in [0.25, 0.3) is 0 Å². The van der Waals surface area contributed by atoms with Crippen LogP contribution in [0, 0.1) is 5.41 Å². The second-order valence-corrected chi connectivity index (χ2v) is 1.97. The zero-order valence-corrected chi connectivity index (χ0v) is 6.59. The highest BCUT2D eigenvalue weighted by Gasteiger charge is 1.80. The molecular formula is C8H14N2. The molecule has 0 rings (SSSR count). The van der Waals surface area contributed by atoms with E-state index in [1.807, 2.05) is 13.0 Å². The number of aliphatic imine (C=N–C) groups is 1. The molecule has 0 spiro atoms. The molecule has 10 heavy (non-hydrogen) atoms. The predicted molar refractivity (Wildman–Crippen MR) is 46.2 cm³/mol. The first-order valence-electron chi connectivity index (χ1n) is 3.51. The van der Waals surface area contributed by atoms with Crippen LogP contribution in [-0.2, 0) is 0 Å². The van der Waals surface area contributed by atoms with Gasteiger partial charge >= 0.3 is 0 Å². The van der Waals surface area contributed by atoms with E-state index in [1.165, 1.54) is 6.21 Å². The molecule has 0 atom stereocenters. The molecule has 0 aromatic carbocycles. The summed E-state index contributed by atoms with van der Waals surface area (Å²) in [6.07, 6.45) is 5.97. The number of rotatable bonds is 4. The summed E-state index contributed by atoms with van der Waals surface area (Å²) in [7, 11) is 0. The molecule has 0 aromatic heterocycles. The third-order valence-electron chi connectivity index (χ3n) is 1.09. The molecule has 0 aliphatic rings. The summed E-state index contributed by atoms with van der Waals surface area (Å²) in [5, 5.41) is 6.91. The van der Waals surface area contributed by atoms with Crippen molar-refractivity contribution in [1.82, 2.24) is 0 Å². The number of hydrogen-bond donors (Lipinski definition) is 1. The van der Waals surface area contributed by atoms with Crippen LogP contribution in [0.25, 0.3) is 0 Å². The zero-order valence-electron chi connectivity index (χ0n) is 6.59. The van der Waals surface area contributed by atoms with E-state index in [-0.39, 0.29) is 0 Å². The average molecular weight is 138 g/mol. The van der Waals surface area contributed by atoms with Gasteiger partial charge in [-0.3, -0.25) is 4.99 Å². The van der Waals surface area contributed by atoms with Gasteiger partial charge in [-0.15, -0.1) is 0 Å². The SMILES string of the molecule is C/C=C(/C=N)C=NCCC. The van der Waals surface area contributed by atoms with Crippen molar-refractivity contribution < 1.29 is 0 Å². The number of nitrogens with one attached hydrogen (secondary N) is 1. The topological polar surface area (TPSA) is 36.2 Å². The monoisotopic (exact) mass is 138 g/mol. The van der Waals surface area contributed by atoms with Crippen LogP contribution in [0.2, 0.25) is 0 Å². The average Bonchev–Trinajstić information content (AvgIpc) is 1.99. The molecule has 56 valence electrons. The van der Waals surface area contributed by atoms with Gasteiger partial charge in [-0.05, 0) is 13.3 Å². The van der Waals surface area contributed by atoms with Crippen molar-refractivity contribution in [1.29, 1.82) is 5.41 Å². The Morgan fingerprint density at radius 3 is 2.70 bits per heavy atom. The zero-order chi connectivity index (χ0) is 7.82. The first-order chi connectivity index (χ1) is 4.85. The molecule has 0 aliphatic carbocycles. The van der Waals surface area contributed by atoms with E-state index in [9.17, 15) is 0 Å². The second-order valence-electron chi connectivity index (χ2n) is 1.97. The Morgan fingerprint density at radius 2 is 2.30 bits per heavy atom. The van der Waals surface area contributed by atoms with Crippen LogP contribution < -0.4 is 0 Å². The molecular weight excluding hydrogens is 124 g/mol. The van der Waals surface area contributed by atoms with Gasteiger partial charge in [0.15, 0.2) is 0 Å². The second kappa shape index (κ2) is 6.20. The van der Waals surface area contributed by atoms with Crippen molar-refractivity contribution in [2.24, 2.45) is 4.99 Å². The van der Waals surface area contributed by atoms with E-state index < -0.39 is 0 Å². The standard InChI is InChI=1S/C8H14N2/c1-3-5-10-7-8(4-2)6-9/h4,6-7,9H,3,5H2,1-2H3/b8-4-,9-6?,10-7?. The molecule has 0 fully saturated rings. The molecule has 2 nitrogen and oxygen atoms in total. The maximum absolute atomic E-state index is 6.91. The summed E-state index contributed by atoms with van der Waals surface area (Å²) in [4.78, 5) is 4.09. The quantitative estimate of drug-likeness (QED) is 0.577. The Balaban J connectivity index is 3.74. The molecule has 0 amide bonds. The summed E-state index contributed by atoms with van der Waals surface area (Å²) in [6, 6.07) is 0. The van der Waals surface area contributed by atoms with E-state index in [2.05, 4.69) is 11.9 Å². The lowest BCUT2D eigenvalue weighted by atomic mass is 10.3. The highest BCUT2D eigenvalue weighted by molar-refractivity contribution is 6.02. The van der Waals surface area contributed by atoms with Crippen LogP contribution in [-0.4, -0.2) is 19.0 Å². The van der Waals surface area contributed by atoms with E-state index in [0.717, 1.165) is 18.5 Å². The molecule has 0 unspecified atom stereocenters. The molecule has 0 saturated carbocycles. The lowest BCUT2D eigenvalue weighted by Crippen LogP contribution is -1.85. The first-order valence-corrected chi connectivity index (χ1v) is 3.51. The van der Waals surface area contributed by atoms with Crippen molar-refractivity contribution in [3.05, 3.63) is 11.6 Å². The lowest BCUT2D eigenvalue weighted by Gasteiger charge is -1.87. The van der Waals surface area contributed by atoms with Crippen LogP contribution in [0.5, 0.6) is 0 Å². The molecule has 1 N–H and O–H groups in total. The van der Waals surface area contributed by atoms with Gasteiger partial charge in [-0.1, -0.05) is 13.0 Å². The highest BCUT2D eigenvalue weighted by Crippen LogP contribution is 1.84. The molecule has 0 aromatic rings. The minimum atomic E-state index is 0.852. The fourth-order valence-corrected chi connectivity index (χ4v) is 0.494. The molecule has 0 aliphatic heterocycles. The lowest BCUT2D eigenvalue weighted by molar-refractivity contribution is 0.937. The minimum absolute atomic E-state index is 0.852. The van der Waals surface area contributed by atoms with E-state index in [4.69, 9.17) is 5.41 Å². The van der Waals surface area contributed by atoms with Gasteiger partial charge in [0.05, 0.1) is 0 Å². The van der Waals surface area contributed by atoms with Crippen molar-refractivity contribution >= 4 is 12.4 Å². The van der Waals surface area contributed by atoms with Crippen LogP contribution in [0.1, 0.15) is 20.3 Å². The van der Waals surface area contributed by atoms with Crippen LogP contribution >= 0.6 is 0 Å². The van der Waals surface area contributed by atoms with Gasteiger partial charge in [-0.25, -0.2) is 0 Å². The fourth-order valence-electron chi connectivity index (χ4n) is 0.494. The predicted octanol–water partition coefficient (Wildman–Crippen LogP) is 2.06. The minimum Gasteiger partial charge on any atom is -0.308 e. The Kier molecular flexibility index (Phi) is 5.63.